The number of hydrogen-bond donors (Lipinski definition) is 1. The summed E-state index contributed by atoms with van der Waals surface area (Å²) in [5.74, 6) is -0.315. The van der Waals surface area contributed by atoms with Crippen molar-refractivity contribution in [3.8, 4) is 0 Å². The molecule has 20 heavy (non-hydrogen) atoms. The van der Waals surface area contributed by atoms with Crippen LogP contribution in [0.2, 0.25) is 5.02 Å². The maximum Gasteiger partial charge on any atom is 0.231 e. The third-order valence-corrected chi connectivity index (χ3v) is 6.71. The first-order valence-electron chi connectivity index (χ1n) is 6.77. The van der Waals surface area contributed by atoms with E-state index in [4.69, 9.17) is 11.6 Å². The molecule has 0 atom stereocenters. The quantitative estimate of drug-likeness (QED) is 0.800. The van der Waals surface area contributed by atoms with Crippen molar-refractivity contribution in [3.63, 3.8) is 0 Å². The molecule has 108 valence electrons. The van der Waals surface area contributed by atoms with Crippen molar-refractivity contribution < 1.29 is 13.2 Å². The van der Waals surface area contributed by atoms with E-state index in [1.54, 1.807) is 18.2 Å². The van der Waals surface area contributed by atoms with Gasteiger partial charge in [0.05, 0.1) is 21.9 Å². The number of benzene rings is 1. The van der Waals surface area contributed by atoms with Crippen molar-refractivity contribution in [2.24, 2.45) is 5.41 Å². The van der Waals surface area contributed by atoms with E-state index >= 15 is 0 Å². The molecular weight excluding hydrogens is 298 g/mol. The van der Waals surface area contributed by atoms with Crippen molar-refractivity contribution >= 4 is 33.0 Å². The molecule has 2 aliphatic rings. The summed E-state index contributed by atoms with van der Waals surface area (Å²) in [6.45, 7) is 0. The molecule has 1 fully saturated rings. The topological polar surface area (TPSA) is 63.2 Å². The van der Waals surface area contributed by atoms with Gasteiger partial charge in [-0.15, -0.1) is 0 Å². The highest BCUT2D eigenvalue weighted by atomic mass is 35.5. The molecule has 4 nitrogen and oxygen atoms in total. The molecule has 0 unspecified atom stereocenters. The van der Waals surface area contributed by atoms with Gasteiger partial charge in [-0.25, -0.2) is 8.42 Å². The molecule has 0 aromatic heterocycles. The average molecular weight is 314 g/mol. The fourth-order valence-corrected chi connectivity index (χ4v) is 5.92. The number of sulfone groups is 1. The van der Waals surface area contributed by atoms with E-state index in [0.29, 0.717) is 18.5 Å². The Morgan fingerprint density at radius 2 is 1.85 bits per heavy atom. The molecule has 1 saturated carbocycles. The van der Waals surface area contributed by atoms with E-state index in [9.17, 15) is 13.2 Å². The van der Waals surface area contributed by atoms with Gasteiger partial charge in [-0.2, -0.15) is 0 Å². The van der Waals surface area contributed by atoms with Crippen LogP contribution in [0.15, 0.2) is 23.1 Å². The Hall–Kier alpha value is -1.07. The van der Waals surface area contributed by atoms with Crippen LogP contribution in [0.3, 0.4) is 0 Å². The maximum atomic E-state index is 12.7. The van der Waals surface area contributed by atoms with E-state index in [1.807, 2.05) is 0 Å². The van der Waals surface area contributed by atoms with Crippen LogP contribution in [-0.4, -0.2) is 20.1 Å². The normalized spacial score (nSPS) is 23.8. The number of nitrogens with one attached hydrogen (secondary N) is 1. The van der Waals surface area contributed by atoms with Crippen molar-refractivity contribution in [3.05, 3.63) is 23.2 Å². The van der Waals surface area contributed by atoms with Crippen molar-refractivity contribution in [2.45, 2.75) is 37.0 Å². The van der Waals surface area contributed by atoms with Gasteiger partial charge in [0.15, 0.2) is 9.84 Å². The molecule has 0 saturated heterocycles. The van der Waals surface area contributed by atoms with Gasteiger partial charge in [-0.3, -0.25) is 4.79 Å². The van der Waals surface area contributed by atoms with E-state index in [-0.39, 0.29) is 21.6 Å². The van der Waals surface area contributed by atoms with Crippen molar-refractivity contribution in [2.75, 3.05) is 11.1 Å². The summed E-state index contributed by atoms with van der Waals surface area (Å²) in [6.07, 6.45) is 4.11. The molecule has 0 bridgehead atoms. The van der Waals surface area contributed by atoms with Crippen LogP contribution in [0, 0.1) is 5.41 Å². The zero-order valence-corrected chi connectivity index (χ0v) is 12.6. The van der Waals surface area contributed by atoms with Crippen molar-refractivity contribution in [1.82, 2.24) is 0 Å². The van der Waals surface area contributed by atoms with E-state index in [0.717, 1.165) is 19.3 Å². The van der Waals surface area contributed by atoms with Crippen molar-refractivity contribution in [1.29, 1.82) is 0 Å². The average Bonchev–Trinajstić information content (AvgIpc) is 2.45. The molecular formula is C14H16ClNO3S. The van der Waals surface area contributed by atoms with E-state index < -0.39 is 15.3 Å². The monoisotopic (exact) mass is 313 g/mol. The number of halogens is 1. The van der Waals surface area contributed by atoms with Gasteiger partial charge in [-0.05, 0) is 25.0 Å². The van der Waals surface area contributed by atoms with E-state index in [2.05, 4.69) is 5.32 Å². The largest absolute Gasteiger partial charge is 0.324 e. The van der Waals surface area contributed by atoms with Gasteiger partial charge in [0.2, 0.25) is 5.91 Å². The minimum Gasteiger partial charge on any atom is -0.324 e. The summed E-state index contributed by atoms with van der Waals surface area (Å²) in [5, 5.41) is 2.95. The van der Waals surface area contributed by atoms with Gasteiger partial charge in [0, 0.05) is 0 Å². The zero-order valence-electron chi connectivity index (χ0n) is 11.0. The van der Waals surface area contributed by atoms with Gasteiger partial charge in [0.25, 0.3) is 0 Å². The molecule has 1 aliphatic heterocycles. The minimum atomic E-state index is -3.57. The highest BCUT2D eigenvalue weighted by molar-refractivity contribution is 7.91. The first-order chi connectivity index (χ1) is 9.45. The predicted octanol–water partition coefficient (Wildman–Crippen LogP) is 3.02. The Kier molecular flexibility index (Phi) is 3.29. The lowest BCUT2D eigenvalue weighted by molar-refractivity contribution is -0.126. The number of carbonyl (C=O) groups is 1. The second kappa shape index (κ2) is 4.74. The first kappa shape index (κ1) is 13.9. The third kappa shape index (κ3) is 2.13. The molecule has 1 aromatic carbocycles. The Bertz CT molecular complexity index is 663. The zero-order chi connectivity index (χ0) is 14.4. The Labute approximate surface area is 123 Å². The lowest BCUT2D eigenvalue weighted by atomic mass is 9.75. The second-order valence-electron chi connectivity index (χ2n) is 5.67. The van der Waals surface area contributed by atoms with Crippen LogP contribution in [0.5, 0.6) is 0 Å². The molecule has 1 spiro atoms. The Morgan fingerprint density at radius 1 is 1.15 bits per heavy atom. The number of fused-ring (bicyclic) bond motifs is 1. The second-order valence-corrected chi connectivity index (χ2v) is 8.00. The molecule has 1 amide bonds. The molecule has 1 aliphatic carbocycles. The molecule has 6 heteroatoms. The Balaban J connectivity index is 2.15. The van der Waals surface area contributed by atoms with Crippen LogP contribution < -0.4 is 5.32 Å². The molecule has 1 heterocycles. The Morgan fingerprint density at radius 3 is 2.55 bits per heavy atom. The number of anilines is 1. The smallest absolute Gasteiger partial charge is 0.231 e. The van der Waals surface area contributed by atoms with E-state index in [1.165, 1.54) is 0 Å². The summed E-state index contributed by atoms with van der Waals surface area (Å²) in [4.78, 5) is 12.6. The standard InChI is InChI=1S/C14H16ClNO3S/c15-10-5-4-6-11-12(10)20(18,19)9-14(13(17)16-11)7-2-1-3-8-14/h4-6H,1-3,7-9H2,(H,16,17). The number of rotatable bonds is 0. The van der Waals surface area contributed by atoms with Gasteiger partial charge in [0.1, 0.15) is 4.90 Å². The van der Waals surface area contributed by atoms with Gasteiger partial charge < -0.3 is 5.32 Å². The number of carbonyl (C=O) groups excluding carboxylic acids is 1. The number of hydrogen-bond acceptors (Lipinski definition) is 3. The van der Waals surface area contributed by atoms with Gasteiger partial charge in [-0.1, -0.05) is 36.9 Å². The summed E-state index contributed by atoms with van der Waals surface area (Å²) >= 11 is 6.04. The summed E-state index contributed by atoms with van der Waals surface area (Å²) in [7, 11) is -3.57. The molecule has 3 rings (SSSR count). The minimum absolute atomic E-state index is 0.0671. The van der Waals surface area contributed by atoms with Crippen LogP contribution in [0.4, 0.5) is 5.69 Å². The number of amides is 1. The van der Waals surface area contributed by atoms with Crippen LogP contribution in [0.25, 0.3) is 0 Å². The summed E-state index contributed by atoms with van der Waals surface area (Å²) in [5.41, 5.74) is -0.482. The maximum absolute atomic E-state index is 12.7. The highest BCUT2D eigenvalue weighted by Gasteiger charge is 2.46. The molecule has 1 N–H and O–H groups in total. The third-order valence-electron chi connectivity index (χ3n) is 4.28. The lowest BCUT2D eigenvalue weighted by Gasteiger charge is -2.33. The fraction of sp³-hybridized carbons (Fsp3) is 0.500. The first-order valence-corrected chi connectivity index (χ1v) is 8.80. The molecule has 0 radical (unpaired) electrons. The highest BCUT2D eigenvalue weighted by Crippen LogP contribution is 2.44. The fourth-order valence-electron chi connectivity index (χ4n) is 3.28. The summed E-state index contributed by atoms with van der Waals surface area (Å²) < 4.78 is 25.3. The lowest BCUT2D eigenvalue weighted by Crippen LogP contribution is -2.41. The van der Waals surface area contributed by atoms with Gasteiger partial charge >= 0.3 is 0 Å². The van der Waals surface area contributed by atoms with Crippen LogP contribution >= 0.6 is 11.6 Å². The van der Waals surface area contributed by atoms with Crippen LogP contribution in [-0.2, 0) is 14.6 Å². The molecule has 1 aromatic rings. The summed E-state index contributed by atoms with van der Waals surface area (Å²) in [6, 6.07) is 4.79. The SMILES string of the molecule is O=C1Nc2cccc(Cl)c2S(=O)(=O)CC12CCCCC2. The van der Waals surface area contributed by atoms with Crippen LogP contribution in [0.1, 0.15) is 32.1 Å². The predicted molar refractivity (Wildman–Crippen MR) is 77.7 cm³/mol.